The van der Waals surface area contributed by atoms with Crippen molar-refractivity contribution in [3.05, 3.63) is 29.8 Å². The van der Waals surface area contributed by atoms with Gasteiger partial charge >= 0.3 is 0 Å². The predicted molar refractivity (Wildman–Crippen MR) is 71.0 cm³/mol. The lowest BCUT2D eigenvalue weighted by Crippen LogP contribution is -2.29. The smallest absolute Gasteiger partial charge is 0.119 e. The number of aliphatic hydroxyl groups is 1. The molecule has 0 aromatic heterocycles. The molecule has 1 unspecified atom stereocenters. The third-order valence-corrected chi connectivity index (χ3v) is 3.27. The van der Waals surface area contributed by atoms with Crippen molar-refractivity contribution in [2.45, 2.75) is 32.3 Å². The highest BCUT2D eigenvalue weighted by molar-refractivity contribution is 5.29. The van der Waals surface area contributed by atoms with Crippen molar-refractivity contribution >= 4 is 0 Å². The maximum absolute atomic E-state index is 9.49. The highest BCUT2D eigenvalue weighted by atomic mass is 16.5. The van der Waals surface area contributed by atoms with Gasteiger partial charge in [-0.3, -0.25) is 0 Å². The number of hydrogen-bond acceptors (Lipinski definition) is 3. The number of benzene rings is 1. The highest BCUT2D eigenvalue weighted by Crippen LogP contribution is 2.28. The molecule has 1 aromatic rings. The third kappa shape index (κ3) is 3.47. The van der Waals surface area contributed by atoms with Crippen molar-refractivity contribution in [1.29, 1.82) is 0 Å². The molecule has 1 fully saturated rings. The van der Waals surface area contributed by atoms with E-state index in [1.807, 2.05) is 26.0 Å². The molecule has 1 N–H and O–H groups in total. The second-order valence-corrected chi connectivity index (χ2v) is 5.25. The van der Waals surface area contributed by atoms with Gasteiger partial charge in [-0.2, -0.15) is 0 Å². The van der Waals surface area contributed by atoms with E-state index in [-0.39, 0.29) is 18.6 Å². The van der Waals surface area contributed by atoms with Crippen LogP contribution in [0, 0.1) is 5.92 Å². The van der Waals surface area contributed by atoms with Gasteiger partial charge < -0.3 is 14.6 Å². The highest BCUT2D eigenvalue weighted by Gasteiger charge is 2.23. The fraction of sp³-hybridized carbons (Fsp3) is 0.600. The van der Waals surface area contributed by atoms with Gasteiger partial charge in [0.25, 0.3) is 0 Å². The Bertz CT molecular complexity index is 355. The van der Waals surface area contributed by atoms with Gasteiger partial charge in [0.15, 0.2) is 0 Å². The van der Waals surface area contributed by atoms with Crippen molar-refractivity contribution in [3.8, 4) is 5.75 Å². The molecule has 1 aliphatic rings. The fourth-order valence-corrected chi connectivity index (χ4v) is 2.23. The zero-order valence-corrected chi connectivity index (χ0v) is 11.1. The van der Waals surface area contributed by atoms with Crippen LogP contribution in [-0.4, -0.2) is 31.0 Å². The van der Waals surface area contributed by atoms with Crippen LogP contribution in [0.15, 0.2) is 24.3 Å². The molecule has 100 valence electrons. The average molecular weight is 250 g/mol. The summed E-state index contributed by atoms with van der Waals surface area (Å²) in [4.78, 5) is 0. The Kier molecular flexibility index (Phi) is 4.61. The first-order valence-electron chi connectivity index (χ1n) is 6.64. The predicted octanol–water partition coefficient (Wildman–Crippen LogP) is 2.59. The molecule has 0 spiro atoms. The van der Waals surface area contributed by atoms with E-state index < -0.39 is 0 Å². The first-order chi connectivity index (χ1) is 8.69. The zero-order valence-electron chi connectivity index (χ0n) is 11.1. The number of aliphatic hydroxyl groups excluding tert-OH is 1. The van der Waals surface area contributed by atoms with Gasteiger partial charge in [-0.25, -0.2) is 0 Å². The van der Waals surface area contributed by atoms with Crippen molar-refractivity contribution in [3.63, 3.8) is 0 Å². The molecule has 18 heavy (non-hydrogen) atoms. The summed E-state index contributed by atoms with van der Waals surface area (Å²) >= 11 is 0. The molecule has 0 bridgehead atoms. The van der Waals surface area contributed by atoms with Crippen LogP contribution in [0.1, 0.15) is 31.7 Å². The molecule has 1 saturated heterocycles. The Hall–Kier alpha value is -1.06. The van der Waals surface area contributed by atoms with E-state index >= 15 is 0 Å². The molecule has 1 heterocycles. The summed E-state index contributed by atoms with van der Waals surface area (Å²) in [6.45, 7) is 5.90. The maximum atomic E-state index is 9.49. The van der Waals surface area contributed by atoms with Crippen LogP contribution >= 0.6 is 0 Å². The summed E-state index contributed by atoms with van der Waals surface area (Å²) in [7, 11) is 0. The monoisotopic (exact) mass is 250 g/mol. The average Bonchev–Trinajstić information content (AvgIpc) is 2.29. The molecule has 1 atom stereocenters. The molecule has 0 saturated carbocycles. The van der Waals surface area contributed by atoms with Gasteiger partial charge in [-0.15, -0.1) is 0 Å². The summed E-state index contributed by atoms with van der Waals surface area (Å²) in [6, 6.07) is 8.07. The standard InChI is InChI=1S/C15H22O3/c1-11(2)18-15-5-3-13(4-6-15)14(8-16)7-12-9-17-10-12/h3-6,11-12,14,16H,7-10H2,1-2H3. The molecule has 0 radical (unpaired) electrons. The number of rotatable bonds is 6. The molecule has 3 nitrogen and oxygen atoms in total. The van der Waals surface area contributed by atoms with Crippen LogP contribution in [0.25, 0.3) is 0 Å². The van der Waals surface area contributed by atoms with Gasteiger partial charge in [0.2, 0.25) is 0 Å². The summed E-state index contributed by atoms with van der Waals surface area (Å²) in [6.07, 6.45) is 1.19. The van der Waals surface area contributed by atoms with Gasteiger partial charge in [0.1, 0.15) is 5.75 Å². The van der Waals surface area contributed by atoms with E-state index in [1.165, 1.54) is 5.56 Å². The van der Waals surface area contributed by atoms with Gasteiger partial charge in [-0.05, 0) is 38.0 Å². The summed E-state index contributed by atoms with van der Waals surface area (Å²) < 4.78 is 10.8. The Morgan fingerprint density at radius 2 is 1.94 bits per heavy atom. The Morgan fingerprint density at radius 1 is 1.28 bits per heavy atom. The van der Waals surface area contributed by atoms with Crippen LogP contribution < -0.4 is 4.74 Å². The van der Waals surface area contributed by atoms with E-state index in [0.717, 1.165) is 25.4 Å². The zero-order chi connectivity index (χ0) is 13.0. The van der Waals surface area contributed by atoms with Crippen molar-refractivity contribution < 1.29 is 14.6 Å². The number of ether oxygens (including phenoxy) is 2. The minimum Gasteiger partial charge on any atom is -0.491 e. The first kappa shape index (κ1) is 13.4. The largest absolute Gasteiger partial charge is 0.491 e. The van der Waals surface area contributed by atoms with Crippen LogP contribution in [-0.2, 0) is 4.74 Å². The Labute approximate surface area is 109 Å². The molecule has 3 heteroatoms. The van der Waals surface area contributed by atoms with Crippen molar-refractivity contribution in [1.82, 2.24) is 0 Å². The topological polar surface area (TPSA) is 38.7 Å². The van der Waals surface area contributed by atoms with Crippen LogP contribution in [0.5, 0.6) is 5.75 Å². The first-order valence-corrected chi connectivity index (χ1v) is 6.64. The number of hydrogen-bond donors (Lipinski definition) is 1. The van der Waals surface area contributed by atoms with Crippen LogP contribution in [0.2, 0.25) is 0 Å². The summed E-state index contributed by atoms with van der Waals surface area (Å²) in [5.74, 6) is 1.71. The third-order valence-electron chi connectivity index (χ3n) is 3.27. The van der Waals surface area contributed by atoms with Crippen molar-refractivity contribution in [2.24, 2.45) is 5.92 Å². The van der Waals surface area contributed by atoms with E-state index in [1.54, 1.807) is 0 Å². The Balaban J connectivity index is 1.97. The molecule has 1 aromatic carbocycles. The van der Waals surface area contributed by atoms with E-state index in [2.05, 4.69) is 12.1 Å². The minimum absolute atomic E-state index is 0.191. The van der Waals surface area contributed by atoms with Crippen molar-refractivity contribution in [2.75, 3.05) is 19.8 Å². The Morgan fingerprint density at radius 3 is 2.39 bits per heavy atom. The normalized spacial score (nSPS) is 17.6. The maximum Gasteiger partial charge on any atom is 0.119 e. The second-order valence-electron chi connectivity index (χ2n) is 5.25. The van der Waals surface area contributed by atoms with Crippen LogP contribution in [0.3, 0.4) is 0 Å². The molecule has 0 amide bonds. The lowest BCUT2D eigenvalue weighted by Gasteiger charge is -2.29. The molecule has 1 aliphatic heterocycles. The van der Waals surface area contributed by atoms with Gasteiger partial charge in [0, 0.05) is 18.4 Å². The fourth-order valence-electron chi connectivity index (χ4n) is 2.23. The van der Waals surface area contributed by atoms with Gasteiger partial charge in [0.05, 0.1) is 19.3 Å². The quantitative estimate of drug-likeness (QED) is 0.843. The molecular formula is C15H22O3. The van der Waals surface area contributed by atoms with E-state index in [0.29, 0.717) is 5.92 Å². The lowest BCUT2D eigenvalue weighted by molar-refractivity contribution is -0.0405. The lowest BCUT2D eigenvalue weighted by atomic mass is 9.88. The van der Waals surface area contributed by atoms with Gasteiger partial charge in [-0.1, -0.05) is 12.1 Å². The molecule has 0 aliphatic carbocycles. The SMILES string of the molecule is CC(C)Oc1ccc(C(CO)CC2COC2)cc1. The molecule has 2 rings (SSSR count). The van der Waals surface area contributed by atoms with E-state index in [4.69, 9.17) is 9.47 Å². The summed E-state index contributed by atoms with van der Waals surface area (Å²) in [5, 5.41) is 9.49. The summed E-state index contributed by atoms with van der Waals surface area (Å²) in [5.41, 5.74) is 1.18. The minimum atomic E-state index is 0.191. The van der Waals surface area contributed by atoms with Crippen LogP contribution in [0.4, 0.5) is 0 Å². The molecular weight excluding hydrogens is 228 g/mol. The van der Waals surface area contributed by atoms with E-state index in [9.17, 15) is 5.11 Å². The second kappa shape index (κ2) is 6.21.